The Morgan fingerprint density at radius 3 is 2.84 bits per heavy atom. The number of fused-ring (bicyclic) bond motifs is 1. The van der Waals surface area contributed by atoms with Gasteiger partial charge in [0.2, 0.25) is 0 Å². The van der Waals surface area contributed by atoms with Gasteiger partial charge in [-0.05, 0) is 50.9 Å². The molecule has 25 heavy (non-hydrogen) atoms. The van der Waals surface area contributed by atoms with Crippen LogP contribution >= 0.6 is 11.3 Å². The monoisotopic (exact) mass is 357 g/mol. The molecule has 132 valence electrons. The van der Waals surface area contributed by atoms with Gasteiger partial charge < -0.3 is 5.32 Å². The van der Waals surface area contributed by atoms with Crippen LogP contribution in [0.1, 0.15) is 30.6 Å². The van der Waals surface area contributed by atoms with Crippen LogP contribution in [0.15, 0.2) is 29.1 Å². The van der Waals surface area contributed by atoms with E-state index in [1.807, 2.05) is 29.7 Å². The molecular formula is C18H23N5OS. The van der Waals surface area contributed by atoms with Crippen LogP contribution in [0.3, 0.4) is 0 Å². The SMILES string of the molecule is CCn1c(CC2CCNCC2)nn(Cc2nc3ccccc3s2)c1=O. The lowest BCUT2D eigenvalue weighted by atomic mass is 9.94. The summed E-state index contributed by atoms with van der Waals surface area (Å²) in [5.41, 5.74) is 0.964. The van der Waals surface area contributed by atoms with Crippen LogP contribution in [0.4, 0.5) is 0 Å². The topological polar surface area (TPSA) is 64.7 Å². The Morgan fingerprint density at radius 1 is 1.28 bits per heavy atom. The van der Waals surface area contributed by atoms with Crippen molar-refractivity contribution in [1.29, 1.82) is 0 Å². The van der Waals surface area contributed by atoms with Gasteiger partial charge >= 0.3 is 5.69 Å². The third-order valence-corrected chi connectivity index (χ3v) is 5.89. The molecule has 1 N–H and O–H groups in total. The molecule has 6 nitrogen and oxygen atoms in total. The second-order valence-corrected chi connectivity index (χ2v) is 7.69. The van der Waals surface area contributed by atoms with Crippen molar-refractivity contribution in [2.45, 2.75) is 39.3 Å². The van der Waals surface area contributed by atoms with Crippen LogP contribution < -0.4 is 11.0 Å². The largest absolute Gasteiger partial charge is 0.346 e. The highest BCUT2D eigenvalue weighted by Crippen LogP contribution is 2.22. The highest BCUT2D eigenvalue weighted by atomic mass is 32.1. The predicted octanol–water partition coefficient (Wildman–Crippen LogP) is 2.26. The number of rotatable bonds is 5. The van der Waals surface area contributed by atoms with Gasteiger partial charge in [0.1, 0.15) is 10.8 Å². The first kappa shape index (κ1) is 16.5. The third kappa shape index (κ3) is 3.39. The van der Waals surface area contributed by atoms with Gasteiger partial charge in [0.05, 0.1) is 16.8 Å². The molecule has 0 unspecified atom stereocenters. The molecule has 0 bridgehead atoms. The predicted molar refractivity (Wildman–Crippen MR) is 100 cm³/mol. The second kappa shape index (κ2) is 7.09. The lowest BCUT2D eigenvalue weighted by Gasteiger charge is -2.21. The summed E-state index contributed by atoms with van der Waals surface area (Å²) in [5, 5.41) is 8.97. The summed E-state index contributed by atoms with van der Waals surface area (Å²) in [7, 11) is 0. The van der Waals surface area contributed by atoms with E-state index in [1.165, 1.54) is 0 Å². The first-order valence-electron chi connectivity index (χ1n) is 8.96. The van der Waals surface area contributed by atoms with Crippen LogP contribution in [0.25, 0.3) is 10.2 Å². The van der Waals surface area contributed by atoms with E-state index in [-0.39, 0.29) is 5.69 Å². The summed E-state index contributed by atoms with van der Waals surface area (Å²) < 4.78 is 4.54. The summed E-state index contributed by atoms with van der Waals surface area (Å²) >= 11 is 1.63. The van der Waals surface area contributed by atoms with E-state index in [0.29, 0.717) is 19.0 Å². The number of benzene rings is 1. The van der Waals surface area contributed by atoms with E-state index in [4.69, 9.17) is 0 Å². The van der Waals surface area contributed by atoms with Gasteiger partial charge in [-0.25, -0.2) is 14.5 Å². The Hall–Kier alpha value is -1.99. The third-order valence-electron chi connectivity index (χ3n) is 4.87. The van der Waals surface area contributed by atoms with Gasteiger partial charge in [-0.3, -0.25) is 4.57 Å². The van der Waals surface area contributed by atoms with Gasteiger partial charge in [0, 0.05) is 13.0 Å². The minimum absolute atomic E-state index is 0.0225. The highest BCUT2D eigenvalue weighted by molar-refractivity contribution is 7.18. The van der Waals surface area contributed by atoms with Gasteiger partial charge in [-0.1, -0.05) is 12.1 Å². The molecule has 0 aliphatic carbocycles. The Bertz CT molecular complexity index is 886. The molecule has 3 heterocycles. The maximum Gasteiger partial charge on any atom is 0.346 e. The molecule has 1 aliphatic heterocycles. The summed E-state index contributed by atoms with van der Waals surface area (Å²) in [6, 6.07) is 8.07. The molecule has 1 aliphatic rings. The number of hydrogen-bond acceptors (Lipinski definition) is 5. The van der Waals surface area contributed by atoms with Crippen molar-refractivity contribution in [1.82, 2.24) is 24.6 Å². The molecule has 4 rings (SSSR count). The number of thiazole rings is 1. The zero-order valence-corrected chi connectivity index (χ0v) is 15.3. The molecule has 7 heteroatoms. The number of aromatic nitrogens is 4. The number of hydrogen-bond donors (Lipinski definition) is 1. The lowest BCUT2D eigenvalue weighted by Crippen LogP contribution is -2.30. The fourth-order valence-electron chi connectivity index (χ4n) is 3.52. The Labute approximate surface area is 150 Å². The van der Waals surface area contributed by atoms with Gasteiger partial charge in [0.15, 0.2) is 0 Å². The number of nitrogens with one attached hydrogen (secondary N) is 1. The summed E-state index contributed by atoms with van der Waals surface area (Å²) in [6.07, 6.45) is 3.20. The van der Waals surface area contributed by atoms with Crippen LogP contribution in [0.2, 0.25) is 0 Å². The summed E-state index contributed by atoms with van der Waals surface area (Å²) in [6.45, 7) is 5.25. The van der Waals surface area contributed by atoms with Crippen molar-refractivity contribution in [3.8, 4) is 0 Å². The fourth-order valence-corrected chi connectivity index (χ4v) is 4.47. The molecular weight excluding hydrogens is 334 g/mol. The normalized spacial score (nSPS) is 15.9. The van der Waals surface area contributed by atoms with Crippen molar-refractivity contribution < 1.29 is 0 Å². The Balaban J connectivity index is 1.59. The zero-order chi connectivity index (χ0) is 17.2. The number of piperidine rings is 1. The Morgan fingerprint density at radius 2 is 2.08 bits per heavy atom. The van der Waals surface area contributed by atoms with E-state index in [2.05, 4.69) is 21.5 Å². The number of para-hydroxylation sites is 1. The van der Waals surface area contributed by atoms with E-state index in [9.17, 15) is 4.79 Å². The van der Waals surface area contributed by atoms with Crippen molar-refractivity contribution in [3.63, 3.8) is 0 Å². The molecule has 0 atom stereocenters. The first-order valence-corrected chi connectivity index (χ1v) is 9.78. The lowest BCUT2D eigenvalue weighted by molar-refractivity contribution is 0.362. The molecule has 1 fully saturated rings. The van der Waals surface area contributed by atoms with Crippen LogP contribution in [0, 0.1) is 5.92 Å². The molecule has 0 spiro atoms. The maximum atomic E-state index is 12.7. The van der Waals surface area contributed by atoms with E-state index in [1.54, 1.807) is 16.0 Å². The molecule has 0 amide bonds. The van der Waals surface area contributed by atoms with Gasteiger partial charge in [-0.2, -0.15) is 5.10 Å². The second-order valence-electron chi connectivity index (χ2n) is 6.57. The highest BCUT2D eigenvalue weighted by Gasteiger charge is 2.19. The average Bonchev–Trinajstić information content (AvgIpc) is 3.16. The minimum Gasteiger partial charge on any atom is -0.317 e. The summed E-state index contributed by atoms with van der Waals surface area (Å²) in [5.74, 6) is 1.53. The van der Waals surface area contributed by atoms with E-state index < -0.39 is 0 Å². The van der Waals surface area contributed by atoms with Gasteiger partial charge in [0.25, 0.3) is 0 Å². The van der Waals surface area contributed by atoms with Crippen LogP contribution in [0.5, 0.6) is 0 Å². The summed E-state index contributed by atoms with van der Waals surface area (Å²) in [4.78, 5) is 17.3. The van der Waals surface area contributed by atoms with Crippen LogP contribution in [-0.2, 0) is 19.5 Å². The maximum absolute atomic E-state index is 12.7. The van der Waals surface area contributed by atoms with Gasteiger partial charge in [-0.15, -0.1) is 11.3 Å². The number of nitrogens with zero attached hydrogens (tertiary/aromatic N) is 4. The standard InChI is InChI=1S/C18H23N5OS/c1-2-22-16(11-13-7-9-19-10-8-13)21-23(18(22)24)12-17-20-14-5-3-4-6-15(14)25-17/h3-6,13,19H,2,7-12H2,1H3. The molecule has 0 saturated carbocycles. The molecule has 0 radical (unpaired) electrons. The first-order chi connectivity index (χ1) is 12.2. The smallest absolute Gasteiger partial charge is 0.317 e. The molecule has 1 saturated heterocycles. The average molecular weight is 357 g/mol. The minimum atomic E-state index is -0.0225. The fraction of sp³-hybridized carbons (Fsp3) is 0.500. The van der Waals surface area contributed by atoms with Crippen molar-refractivity contribution in [2.75, 3.05) is 13.1 Å². The molecule has 1 aromatic carbocycles. The van der Waals surface area contributed by atoms with Crippen molar-refractivity contribution in [2.24, 2.45) is 5.92 Å². The van der Waals surface area contributed by atoms with Crippen LogP contribution in [-0.4, -0.2) is 32.4 Å². The van der Waals surface area contributed by atoms with Crippen molar-refractivity contribution >= 4 is 21.6 Å². The quantitative estimate of drug-likeness (QED) is 0.761. The Kier molecular flexibility index (Phi) is 4.67. The van der Waals surface area contributed by atoms with E-state index >= 15 is 0 Å². The van der Waals surface area contributed by atoms with E-state index in [0.717, 1.165) is 53.4 Å². The molecule has 2 aromatic heterocycles. The van der Waals surface area contributed by atoms with Crippen molar-refractivity contribution in [3.05, 3.63) is 45.6 Å². The zero-order valence-electron chi connectivity index (χ0n) is 14.4. The molecule has 3 aromatic rings.